The van der Waals surface area contributed by atoms with Gasteiger partial charge in [-0.15, -0.1) is 6.58 Å². The summed E-state index contributed by atoms with van der Waals surface area (Å²) in [5.74, 6) is 0. The second-order valence-electron chi connectivity index (χ2n) is 1.55. The van der Waals surface area contributed by atoms with Crippen LogP contribution in [0.5, 0.6) is 0 Å². The van der Waals surface area contributed by atoms with Crippen LogP contribution in [0.4, 0.5) is 0 Å². The number of hydrogen-bond donors (Lipinski definition) is 1. The first-order valence-corrected chi connectivity index (χ1v) is 3.10. The summed E-state index contributed by atoms with van der Waals surface area (Å²) in [6, 6.07) is 0. The Morgan fingerprint density at radius 1 is 1.56 bits per heavy atom. The van der Waals surface area contributed by atoms with E-state index in [1.54, 1.807) is 6.08 Å². The maximum absolute atomic E-state index is 5.14. The fraction of sp³-hybridized carbons (Fsp3) is 0.750. The van der Waals surface area contributed by atoms with E-state index in [4.69, 9.17) is 5.73 Å². The number of unbranched alkanes of at least 4 members (excludes halogenated alkanes) is 1. The molecule has 0 aliphatic carbocycles. The zero-order valence-electron chi connectivity index (χ0n) is 5.98. The van der Waals surface area contributed by atoms with Crippen molar-refractivity contribution >= 4 is 0 Å². The van der Waals surface area contributed by atoms with Gasteiger partial charge in [0.15, 0.2) is 0 Å². The van der Waals surface area contributed by atoms with Gasteiger partial charge in [-0.1, -0.05) is 26.8 Å². The van der Waals surface area contributed by atoms with Crippen LogP contribution in [0.25, 0.3) is 0 Å². The topological polar surface area (TPSA) is 26.0 Å². The highest BCUT2D eigenvalue weighted by Gasteiger charge is 1.67. The average Bonchev–Trinajstić information content (AvgIpc) is 1.71. The van der Waals surface area contributed by atoms with E-state index < -0.39 is 0 Å². The van der Waals surface area contributed by atoms with Crippen LogP contribution in [0.15, 0.2) is 12.7 Å². The fourth-order valence-electron chi connectivity index (χ4n) is 0.204. The van der Waals surface area contributed by atoms with Crippen molar-refractivity contribution in [2.24, 2.45) is 5.73 Å². The van der Waals surface area contributed by atoms with Gasteiger partial charge in [0.25, 0.3) is 0 Å². The molecule has 0 aromatic carbocycles. The van der Waals surface area contributed by atoms with Crippen molar-refractivity contribution in [1.82, 2.24) is 0 Å². The van der Waals surface area contributed by atoms with Gasteiger partial charge in [0.2, 0.25) is 0 Å². The van der Waals surface area contributed by atoms with E-state index in [-0.39, 0.29) is 7.43 Å². The molecule has 2 N–H and O–H groups in total. The molecule has 0 aliphatic heterocycles. The lowest BCUT2D eigenvalue weighted by atomic mass is 10.3. The van der Waals surface area contributed by atoms with Gasteiger partial charge in [0.1, 0.15) is 0 Å². The Morgan fingerprint density at radius 3 is 1.89 bits per heavy atom. The van der Waals surface area contributed by atoms with E-state index in [1.807, 2.05) is 6.92 Å². The molecule has 58 valence electrons. The molecule has 0 amide bonds. The van der Waals surface area contributed by atoms with E-state index in [1.165, 1.54) is 12.8 Å². The molecule has 0 heterocycles. The Balaban J connectivity index is -0.0000000800. The molecule has 0 radical (unpaired) electrons. The standard InChI is InChI=1S/C4H11N.C3H6.CH4/c1-2-3-4-5;1-3-2;/h2-5H2,1H3;3H,1H2,2H3;1H4. The molecule has 0 saturated carbocycles. The van der Waals surface area contributed by atoms with Crippen LogP contribution in [0.1, 0.15) is 34.1 Å². The maximum atomic E-state index is 5.14. The van der Waals surface area contributed by atoms with Gasteiger partial charge in [-0.25, -0.2) is 0 Å². The van der Waals surface area contributed by atoms with Crippen molar-refractivity contribution < 1.29 is 0 Å². The monoisotopic (exact) mass is 131 g/mol. The van der Waals surface area contributed by atoms with Crippen molar-refractivity contribution in [3.63, 3.8) is 0 Å². The molecule has 9 heavy (non-hydrogen) atoms. The molecule has 0 unspecified atom stereocenters. The van der Waals surface area contributed by atoms with Crippen LogP contribution in [-0.2, 0) is 0 Å². The maximum Gasteiger partial charge on any atom is -0.00774 e. The smallest absolute Gasteiger partial charge is 0.00774 e. The third-order valence-corrected chi connectivity index (χ3v) is 0.558. The molecule has 1 heteroatoms. The van der Waals surface area contributed by atoms with Gasteiger partial charge in [0, 0.05) is 0 Å². The SMILES string of the molecule is C.C=CC.CCCCN. The lowest BCUT2D eigenvalue weighted by molar-refractivity contribution is 0.807. The highest BCUT2D eigenvalue weighted by Crippen LogP contribution is 1.77. The van der Waals surface area contributed by atoms with Crippen molar-refractivity contribution in [1.29, 1.82) is 0 Å². The molecular weight excluding hydrogens is 110 g/mol. The van der Waals surface area contributed by atoms with Crippen molar-refractivity contribution in [2.45, 2.75) is 34.1 Å². The van der Waals surface area contributed by atoms with Crippen LogP contribution in [0.2, 0.25) is 0 Å². The minimum Gasteiger partial charge on any atom is -0.330 e. The summed E-state index contributed by atoms with van der Waals surface area (Å²) in [6.07, 6.45) is 4.14. The zero-order chi connectivity index (χ0) is 6.83. The van der Waals surface area contributed by atoms with Gasteiger partial charge in [-0.3, -0.25) is 0 Å². The molecule has 0 saturated heterocycles. The predicted molar refractivity (Wildman–Crippen MR) is 46.6 cm³/mol. The fourth-order valence-corrected chi connectivity index (χ4v) is 0.204. The summed E-state index contributed by atoms with van der Waals surface area (Å²) in [4.78, 5) is 0. The summed E-state index contributed by atoms with van der Waals surface area (Å²) in [5.41, 5.74) is 5.14. The van der Waals surface area contributed by atoms with Gasteiger partial charge in [-0.05, 0) is 19.9 Å². The van der Waals surface area contributed by atoms with Crippen molar-refractivity contribution in [2.75, 3.05) is 6.54 Å². The number of nitrogens with two attached hydrogens (primary N) is 1. The predicted octanol–water partition coefficient (Wildman–Crippen LogP) is 2.57. The summed E-state index contributed by atoms with van der Waals surface area (Å²) >= 11 is 0. The molecule has 0 atom stereocenters. The molecule has 0 spiro atoms. The number of hydrogen-bond acceptors (Lipinski definition) is 1. The zero-order valence-corrected chi connectivity index (χ0v) is 5.98. The molecule has 0 aliphatic rings. The molecule has 0 fully saturated rings. The molecular formula is C8H21N. The molecule has 0 bridgehead atoms. The second-order valence-corrected chi connectivity index (χ2v) is 1.55. The molecule has 0 rings (SSSR count). The number of allylic oxidation sites excluding steroid dienone is 1. The Kier molecular flexibility index (Phi) is 44.5. The molecule has 0 aromatic rings. The summed E-state index contributed by atoms with van der Waals surface area (Å²) < 4.78 is 0. The summed E-state index contributed by atoms with van der Waals surface area (Å²) in [5, 5.41) is 0. The largest absolute Gasteiger partial charge is 0.330 e. The van der Waals surface area contributed by atoms with Gasteiger partial charge >= 0.3 is 0 Å². The van der Waals surface area contributed by atoms with Crippen LogP contribution < -0.4 is 5.73 Å². The normalized spacial score (nSPS) is 6.11. The number of rotatable bonds is 2. The summed E-state index contributed by atoms with van der Waals surface area (Å²) in [6.45, 7) is 8.23. The van der Waals surface area contributed by atoms with Crippen molar-refractivity contribution in [3.8, 4) is 0 Å². The first kappa shape index (κ1) is 15.9. The van der Waals surface area contributed by atoms with E-state index >= 15 is 0 Å². The van der Waals surface area contributed by atoms with Gasteiger partial charge < -0.3 is 5.73 Å². The minimum absolute atomic E-state index is 0. The quantitative estimate of drug-likeness (QED) is 0.573. The molecule has 1 nitrogen and oxygen atoms in total. The third kappa shape index (κ3) is 86.6. The first-order chi connectivity index (χ1) is 3.83. The van der Waals surface area contributed by atoms with Crippen LogP contribution >= 0.6 is 0 Å². The van der Waals surface area contributed by atoms with Crippen LogP contribution in [0.3, 0.4) is 0 Å². The highest BCUT2D eigenvalue weighted by molar-refractivity contribution is 4.51. The van der Waals surface area contributed by atoms with Gasteiger partial charge in [-0.2, -0.15) is 0 Å². The van der Waals surface area contributed by atoms with Crippen LogP contribution in [-0.4, -0.2) is 6.54 Å². The lowest BCUT2D eigenvalue weighted by Gasteiger charge is -1.80. The Labute approximate surface area is 60.0 Å². The van der Waals surface area contributed by atoms with E-state index in [2.05, 4.69) is 13.5 Å². The van der Waals surface area contributed by atoms with Crippen LogP contribution in [0, 0.1) is 0 Å². The Hall–Kier alpha value is -0.300. The third-order valence-electron chi connectivity index (χ3n) is 0.558. The Morgan fingerprint density at radius 2 is 1.89 bits per heavy atom. The first-order valence-electron chi connectivity index (χ1n) is 3.10. The molecule has 0 aromatic heterocycles. The summed E-state index contributed by atoms with van der Waals surface area (Å²) in [7, 11) is 0. The van der Waals surface area contributed by atoms with E-state index in [0.29, 0.717) is 0 Å². The van der Waals surface area contributed by atoms with E-state index in [9.17, 15) is 0 Å². The van der Waals surface area contributed by atoms with Crippen molar-refractivity contribution in [3.05, 3.63) is 12.7 Å². The second kappa shape index (κ2) is 25.2. The Bertz CT molecular complexity index is 31.5. The van der Waals surface area contributed by atoms with E-state index in [0.717, 1.165) is 6.54 Å². The van der Waals surface area contributed by atoms with Gasteiger partial charge in [0.05, 0.1) is 0 Å². The minimum atomic E-state index is 0. The lowest BCUT2D eigenvalue weighted by Crippen LogP contribution is -1.95. The highest BCUT2D eigenvalue weighted by atomic mass is 14.5. The average molecular weight is 131 g/mol.